The van der Waals surface area contributed by atoms with E-state index in [0.29, 0.717) is 19.3 Å². The molecule has 0 N–H and O–H groups in total. The van der Waals surface area contributed by atoms with Gasteiger partial charge in [-0.3, -0.25) is 14.4 Å². The number of carbonyl (C=O) groups excluding carboxylic acids is 3. The molecule has 0 aliphatic carbocycles. The molecule has 1 atom stereocenters. The van der Waals surface area contributed by atoms with Crippen LogP contribution in [0.3, 0.4) is 0 Å². The van der Waals surface area contributed by atoms with Crippen LogP contribution in [0.2, 0.25) is 0 Å². The summed E-state index contributed by atoms with van der Waals surface area (Å²) in [6.45, 7) is 8.95. The van der Waals surface area contributed by atoms with Crippen molar-refractivity contribution in [1.29, 1.82) is 0 Å². The van der Waals surface area contributed by atoms with Gasteiger partial charge in [-0.1, -0.05) is 220 Å². The Morgan fingerprint density at radius 1 is 0.358 bits per heavy atom. The summed E-state index contributed by atoms with van der Waals surface area (Å²) < 4.78 is 16.7. The number of ether oxygens (including phenoxy) is 3. The first-order valence-corrected chi connectivity index (χ1v) is 23.4. The second kappa shape index (κ2) is 41.6. The minimum atomic E-state index is -0.759. The average Bonchev–Trinajstić information content (AvgIpc) is 3.14. The second-order valence-corrected chi connectivity index (χ2v) is 16.5. The van der Waals surface area contributed by atoms with Crippen molar-refractivity contribution in [1.82, 2.24) is 0 Å². The number of hydrogen-bond acceptors (Lipinski definition) is 6. The molecular formula is C47H90O6. The number of esters is 3. The molecule has 0 unspecified atom stereocenters. The predicted octanol–water partition coefficient (Wildman–Crippen LogP) is 14.7. The third-order valence-electron chi connectivity index (χ3n) is 10.5. The van der Waals surface area contributed by atoms with E-state index in [1.165, 1.54) is 154 Å². The zero-order valence-corrected chi connectivity index (χ0v) is 36.0. The molecule has 0 heterocycles. The van der Waals surface area contributed by atoms with E-state index in [1.807, 2.05) is 0 Å². The van der Waals surface area contributed by atoms with E-state index in [9.17, 15) is 14.4 Å². The van der Waals surface area contributed by atoms with Crippen molar-refractivity contribution in [3.63, 3.8) is 0 Å². The SMILES string of the molecule is CCCCCCCCCCCCCCCCCC(=O)OC[C@@H](COC(=O)CCCCCCCCCCC)OC(=O)CCCCCCCCCCC(C)C. The lowest BCUT2D eigenvalue weighted by atomic mass is 10.0. The van der Waals surface area contributed by atoms with Gasteiger partial charge >= 0.3 is 17.9 Å². The highest BCUT2D eigenvalue weighted by Gasteiger charge is 2.19. The Bertz CT molecular complexity index is 796. The molecule has 0 rings (SSSR count). The van der Waals surface area contributed by atoms with Crippen molar-refractivity contribution < 1.29 is 28.6 Å². The van der Waals surface area contributed by atoms with E-state index in [2.05, 4.69) is 27.7 Å². The fourth-order valence-corrected chi connectivity index (χ4v) is 6.98. The van der Waals surface area contributed by atoms with Gasteiger partial charge in [0.05, 0.1) is 0 Å². The van der Waals surface area contributed by atoms with Crippen LogP contribution in [-0.4, -0.2) is 37.2 Å². The van der Waals surface area contributed by atoms with Crippen LogP contribution in [0.5, 0.6) is 0 Å². The lowest BCUT2D eigenvalue weighted by Gasteiger charge is -2.18. The van der Waals surface area contributed by atoms with Crippen molar-refractivity contribution >= 4 is 17.9 Å². The molecule has 0 aromatic heterocycles. The third kappa shape index (κ3) is 41.4. The summed E-state index contributed by atoms with van der Waals surface area (Å²) in [6.07, 6.45) is 40.9. The van der Waals surface area contributed by atoms with Gasteiger partial charge < -0.3 is 14.2 Å². The normalized spacial score (nSPS) is 11.9. The van der Waals surface area contributed by atoms with Crippen LogP contribution >= 0.6 is 0 Å². The topological polar surface area (TPSA) is 78.9 Å². The molecule has 0 radical (unpaired) electrons. The smallest absolute Gasteiger partial charge is 0.306 e. The summed E-state index contributed by atoms with van der Waals surface area (Å²) in [6, 6.07) is 0. The van der Waals surface area contributed by atoms with Crippen molar-refractivity contribution in [3.8, 4) is 0 Å². The van der Waals surface area contributed by atoms with E-state index in [4.69, 9.17) is 14.2 Å². The molecule has 0 aromatic rings. The molecule has 0 fully saturated rings. The zero-order chi connectivity index (χ0) is 38.9. The van der Waals surface area contributed by atoms with Gasteiger partial charge in [0.2, 0.25) is 0 Å². The molecule has 0 saturated carbocycles. The highest BCUT2D eigenvalue weighted by molar-refractivity contribution is 5.71. The lowest BCUT2D eigenvalue weighted by Crippen LogP contribution is -2.30. The number of carbonyl (C=O) groups is 3. The Labute approximate surface area is 329 Å². The van der Waals surface area contributed by atoms with Crippen LogP contribution in [0, 0.1) is 5.92 Å². The molecule has 0 bridgehead atoms. The molecule has 0 aromatic carbocycles. The maximum atomic E-state index is 12.7. The van der Waals surface area contributed by atoms with Gasteiger partial charge in [-0.05, 0) is 25.2 Å². The van der Waals surface area contributed by atoms with Crippen LogP contribution in [0.25, 0.3) is 0 Å². The fraction of sp³-hybridized carbons (Fsp3) is 0.936. The Hall–Kier alpha value is -1.59. The summed E-state index contributed by atoms with van der Waals surface area (Å²) in [7, 11) is 0. The summed E-state index contributed by atoms with van der Waals surface area (Å²) in [5.74, 6) is -0.0629. The van der Waals surface area contributed by atoms with Gasteiger partial charge in [-0.25, -0.2) is 0 Å². The summed E-state index contributed by atoms with van der Waals surface area (Å²) in [4.78, 5) is 37.7. The van der Waals surface area contributed by atoms with Crippen LogP contribution in [0.4, 0.5) is 0 Å². The van der Waals surface area contributed by atoms with Crippen LogP contribution < -0.4 is 0 Å². The van der Waals surface area contributed by atoms with E-state index in [1.54, 1.807) is 0 Å². The minimum absolute atomic E-state index is 0.0641. The number of rotatable bonds is 42. The highest BCUT2D eigenvalue weighted by atomic mass is 16.6. The third-order valence-corrected chi connectivity index (χ3v) is 10.5. The molecule has 0 saturated heterocycles. The van der Waals surface area contributed by atoms with Gasteiger partial charge in [0.25, 0.3) is 0 Å². The average molecular weight is 751 g/mol. The van der Waals surface area contributed by atoms with Gasteiger partial charge in [0.1, 0.15) is 13.2 Å². The van der Waals surface area contributed by atoms with Crippen molar-refractivity contribution in [2.24, 2.45) is 5.92 Å². The first kappa shape index (κ1) is 51.4. The Kier molecular flexibility index (Phi) is 40.3. The zero-order valence-electron chi connectivity index (χ0n) is 36.0. The Morgan fingerprint density at radius 2 is 0.623 bits per heavy atom. The standard InChI is InChI=1S/C47H90O6/c1-5-7-9-11-13-15-16-17-18-19-20-22-27-31-35-39-46(49)52-42-44(41-51-45(48)38-34-30-26-21-14-12-10-8-6-2)53-47(50)40-36-32-28-24-23-25-29-33-37-43(3)4/h43-44H,5-42H2,1-4H3/t44-/m1/s1. The number of unbranched alkanes of at least 4 members (excludes halogenated alkanes) is 29. The Balaban J connectivity index is 4.28. The first-order chi connectivity index (χ1) is 25.9. The van der Waals surface area contributed by atoms with E-state index in [0.717, 1.165) is 63.7 Å². The molecular weight excluding hydrogens is 661 g/mol. The van der Waals surface area contributed by atoms with Gasteiger partial charge in [-0.15, -0.1) is 0 Å². The lowest BCUT2D eigenvalue weighted by molar-refractivity contribution is -0.167. The molecule has 53 heavy (non-hydrogen) atoms. The second-order valence-electron chi connectivity index (χ2n) is 16.5. The van der Waals surface area contributed by atoms with Gasteiger partial charge in [0.15, 0.2) is 6.10 Å². The van der Waals surface area contributed by atoms with Crippen LogP contribution in [-0.2, 0) is 28.6 Å². The summed E-state index contributed by atoms with van der Waals surface area (Å²) in [5, 5.41) is 0. The van der Waals surface area contributed by atoms with E-state index >= 15 is 0 Å². The van der Waals surface area contributed by atoms with Crippen molar-refractivity contribution in [2.75, 3.05) is 13.2 Å². The maximum Gasteiger partial charge on any atom is 0.306 e. The number of hydrogen-bond donors (Lipinski definition) is 0. The largest absolute Gasteiger partial charge is 0.462 e. The first-order valence-electron chi connectivity index (χ1n) is 23.4. The quantitative estimate of drug-likeness (QED) is 0.0351. The van der Waals surface area contributed by atoms with Crippen molar-refractivity contribution in [2.45, 2.75) is 265 Å². The summed E-state index contributed by atoms with van der Waals surface area (Å²) in [5.41, 5.74) is 0. The monoisotopic (exact) mass is 751 g/mol. The molecule has 0 spiro atoms. The van der Waals surface area contributed by atoms with Gasteiger partial charge in [0, 0.05) is 19.3 Å². The van der Waals surface area contributed by atoms with Crippen molar-refractivity contribution in [3.05, 3.63) is 0 Å². The molecule has 314 valence electrons. The summed E-state index contributed by atoms with van der Waals surface area (Å²) >= 11 is 0. The molecule has 0 aliphatic heterocycles. The molecule has 6 heteroatoms. The molecule has 0 amide bonds. The maximum absolute atomic E-state index is 12.7. The van der Waals surface area contributed by atoms with Gasteiger partial charge in [-0.2, -0.15) is 0 Å². The molecule has 6 nitrogen and oxygen atoms in total. The van der Waals surface area contributed by atoms with E-state index < -0.39 is 6.10 Å². The van der Waals surface area contributed by atoms with Crippen LogP contribution in [0.1, 0.15) is 259 Å². The Morgan fingerprint density at radius 3 is 0.925 bits per heavy atom. The molecule has 0 aliphatic rings. The highest BCUT2D eigenvalue weighted by Crippen LogP contribution is 2.16. The van der Waals surface area contributed by atoms with E-state index in [-0.39, 0.29) is 31.1 Å². The van der Waals surface area contributed by atoms with Crippen LogP contribution in [0.15, 0.2) is 0 Å². The predicted molar refractivity (Wildman–Crippen MR) is 224 cm³/mol. The minimum Gasteiger partial charge on any atom is -0.462 e. The fourth-order valence-electron chi connectivity index (χ4n) is 6.98.